The van der Waals surface area contributed by atoms with Crippen LogP contribution in [-0.4, -0.2) is 21.3 Å². The van der Waals surface area contributed by atoms with Gasteiger partial charge in [0.25, 0.3) is 0 Å². The molecule has 0 aliphatic carbocycles. The second-order valence-corrected chi connectivity index (χ2v) is 15.1. The fraction of sp³-hybridized carbons (Fsp3) is 1.00. The summed E-state index contributed by atoms with van der Waals surface area (Å²) in [5.41, 5.74) is 0. The Morgan fingerprint density at radius 2 is 0.800 bits per heavy atom. The molecule has 0 atom stereocenters. The van der Waals surface area contributed by atoms with Crippen LogP contribution in [0.15, 0.2) is 0 Å². The molecular weight excluding hydrogens is 356 g/mol. The molecule has 152 valence electrons. The summed E-state index contributed by atoms with van der Waals surface area (Å²) in [7, 11) is 3.34. The molecule has 0 saturated heterocycles. The van der Waals surface area contributed by atoms with Gasteiger partial charge in [-0.3, -0.25) is 0 Å². The third-order valence-electron chi connectivity index (χ3n) is 5.47. The standard InChI is InChI=1S/C16H33.3CH3O.2O.Ti/c1-3-5-7-9-11-13-15-16-14-12-10-8-6-4-2;3*1-2;;;/h1,3-16H2,2H3;3*1H3;;;/q;3*-1;;;+3. The van der Waals surface area contributed by atoms with Crippen LogP contribution in [-0.2, 0) is 31.7 Å². The maximum absolute atomic E-state index is 12.6. The van der Waals surface area contributed by atoms with E-state index < -0.39 is 15.1 Å². The molecule has 0 amide bonds. The quantitative estimate of drug-likeness (QED) is 0.195. The van der Waals surface area contributed by atoms with Crippen molar-refractivity contribution >= 4 is 0 Å². The van der Waals surface area contributed by atoms with Crippen LogP contribution in [0, 0.1) is 0 Å². The monoisotopic (exact) mass is 398 g/mol. The van der Waals surface area contributed by atoms with Gasteiger partial charge < -0.3 is 0 Å². The van der Waals surface area contributed by atoms with Gasteiger partial charge in [-0.2, -0.15) is 0 Å². The molecule has 0 bridgehead atoms. The van der Waals surface area contributed by atoms with Crippen molar-refractivity contribution in [3.63, 3.8) is 0 Å². The summed E-state index contributed by atoms with van der Waals surface area (Å²) in [6, 6.07) is 0. The van der Waals surface area contributed by atoms with Gasteiger partial charge in [-0.1, -0.05) is 26.2 Å². The third-order valence-corrected chi connectivity index (χ3v) is 12.1. The van der Waals surface area contributed by atoms with E-state index in [-0.39, 0.29) is 4.73 Å². The van der Waals surface area contributed by atoms with Crippen molar-refractivity contribution in [3.8, 4) is 0 Å². The number of unbranched alkanes of at least 4 members (excludes halogenated alkanes) is 13. The van der Waals surface area contributed by atoms with E-state index in [1.807, 2.05) is 0 Å². The fourth-order valence-electron chi connectivity index (χ4n) is 3.24. The van der Waals surface area contributed by atoms with E-state index in [4.69, 9.17) is 9.96 Å². The van der Waals surface area contributed by atoms with Gasteiger partial charge in [-0.15, -0.1) is 0 Å². The van der Waals surface area contributed by atoms with Gasteiger partial charge in [0.15, 0.2) is 0 Å². The molecule has 0 unspecified atom stereocenters. The molecule has 0 spiro atoms. The maximum atomic E-state index is 12.6. The Labute approximate surface area is 154 Å². The van der Waals surface area contributed by atoms with Gasteiger partial charge in [0.1, 0.15) is 0 Å². The molecule has 0 aromatic carbocycles. The zero-order valence-corrected chi connectivity index (χ0v) is 18.7. The number of rotatable bonds is 18. The van der Waals surface area contributed by atoms with Gasteiger partial charge in [-0.05, 0) is 0 Å². The fourth-order valence-corrected chi connectivity index (χ4v) is 6.49. The third kappa shape index (κ3) is 10.2. The van der Waals surface area contributed by atoms with Crippen molar-refractivity contribution in [2.24, 2.45) is 0 Å². The molecule has 0 saturated carbocycles. The van der Waals surface area contributed by atoms with Gasteiger partial charge in [0.05, 0.1) is 0 Å². The van der Waals surface area contributed by atoms with Crippen molar-refractivity contribution in [1.82, 2.24) is 0 Å². The Bertz CT molecular complexity index is 457. The van der Waals surface area contributed by atoms with E-state index in [2.05, 4.69) is 6.92 Å². The minimum atomic E-state index is -6.62. The summed E-state index contributed by atoms with van der Waals surface area (Å²) in [6.45, 7) is 2.25. The second kappa shape index (κ2) is 11.8. The van der Waals surface area contributed by atoms with E-state index in [9.17, 15) is 6.65 Å². The van der Waals surface area contributed by atoms with Gasteiger partial charge >= 0.3 is 128 Å². The molecule has 5 nitrogen and oxygen atoms in total. The van der Waals surface area contributed by atoms with E-state index in [1.54, 1.807) is 0 Å². The Hall–Kier alpha value is 0.194. The molecule has 0 aromatic heterocycles. The van der Waals surface area contributed by atoms with Crippen molar-refractivity contribution in [1.29, 1.82) is 0 Å². The first-order valence-electron chi connectivity index (χ1n) is 10.3. The van der Waals surface area contributed by atoms with E-state index in [0.717, 1.165) is 40.6 Å². The molecular formula is C19H42O5Ti. The Morgan fingerprint density at radius 1 is 0.520 bits per heavy atom. The summed E-state index contributed by atoms with van der Waals surface area (Å²) in [4.78, 5) is 0. The number of hydrogen-bond acceptors (Lipinski definition) is 5. The van der Waals surface area contributed by atoms with E-state index in [0.29, 0.717) is 6.42 Å². The predicted molar refractivity (Wildman–Crippen MR) is 97.5 cm³/mol. The van der Waals surface area contributed by atoms with Crippen LogP contribution in [0.2, 0.25) is 4.73 Å². The van der Waals surface area contributed by atoms with Crippen molar-refractivity contribution in [3.05, 3.63) is 0 Å². The average Bonchev–Trinajstić information content (AvgIpc) is 2.63. The summed E-state index contributed by atoms with van der Waals surface area (Å²) in [6.07, 6.45) is 17.0. The predicted octanol–water partition coefficient (Wildman–Crippen LogP) is 6.49. The first-order chi connectivity index (χ1) is 11.8. The molecule has 0 radical (unpaired) electrons. The minimum absolute atomic E-state index is 0.193. The molecule has 0 fully saturated rings. The topological polar surface area (TPSA) is 61.8 Å². The molecule has 0 aliphatic heterocycles. The average molecular weight is 398 g/mol. The van der Waals surface area contributed by atoms with Gasteiger partial charge in [-0.25, -0.2) is 0 Å². The summed E-state index contributed by atoms with van der Waals surface area (Å²) < 4.78 is 39.4. The van der Waals surface area contributed by atoms with Crippen LogP contribution < -0.4 is 0 Å². The van der Waals surface area contributed by atoms with Crippen LogP contribution >= 0.6 is 0 Å². The molecule has 0 N–H and O–H groups in total. The van der Waals surface area contributed by atoms with Crippen molar-refractivity contribution in [2.75, 3.05) is 21.3 Å². The Balaban J connectivity index is 3.60. The van der Waals surface area contributed by atoms with Gasteiger partial charge in [0.2, 0.25) is 0 Å². The zero-order valence-electron chi connectivity index (χ0n) is 17.1. The molecule has 25 heavy (non-hydrogen) atoms. The van der Waals surface area contributed by atoms with Crippen LogP contribution in [0.4, 0.5) is 0 Å². The van der Waals surface area contributed by atoms with Crippen molar-refractivity contribution < 1.29 is 31.7 Å². The van der Waals surface area contributed by atoms with Crippen molar-refractivity contribution in [2.45, 2.75) is 102 Å². The normalized spacial score (nSPS) is 13.6. The molecule has 0 aromatic rings. The summed E-state index contributed by atoms with van der Waals surface area (Å²) >= 11 is -6.62. The molecule has 0 rings (SSSR count). The van der Waals surface area contributed by atoms with Gasteiger partial charge in [0, 0.05) is 0 Å². The molecule has 0 heterocycles. The summed E-state index contributed by atoms with van der Waals surface area (Å²) in [5.74, 6) is 0. The Morgan fingerprint density at radius 3 is 1.08 bits per heavy atom. The van der Waals surface area contributed by atoms with E-state index in [1.165, 1.54) is 64.2 Å². The molecule has 6 heteroatoms. The van der Waals surface area contributed by atoms with Crippen LogP contribution in [0.5, 0.6) is 0 Å². The molecule has 0 aliphatic rings. The van der Waals surface area contributed by atoms with E-state index >= 15 is 0 Å². The Kier molecular flexibility index (Phi) is 11.9. The summed E-state index contributed by atoms with van der Waals surface area (Å²) in [5, 5.41) is 0. The van der Waals surface area contributed by atoms with Crippen LogP contribution in [0.3, 0.4) is 0 Å². The zero-order chi connectivity index (χ0) is 19.1. The van der Waals surface area contributed by atoms with Crippen LogP contribution in [0.1, 0.15) is 96.8 Å². The SMILES string of the molecule is CCCCCCCCCCCCCCC[CH2][Ti](=[O])(=[O])([O]C)([O]C)[O]C. The number of hydrogen-bond donors (Lipinski definition) is 0. The first-order valence-corrected chi connectivity index (χ1v) is 14.6. The first kappa shape index (κ1) is 25.2. The van der Waals surface area contributed by atoms with Crippen LogP contribution in [0.25, 0.3) is 0 Å². The second-order valence-electron chi connectivity index (χ2n) is 7.51.